The van der Waals surface area contributed by atoms with Gasteiger partial charge in [-0.25, -0.2) is 0 Å². The molecule has 1 fully saturated rings. The van der Waals surface area contributed by atoms with Gasteiger partial charge in [0.15, 0.2) is 0 Å². The van der Waals surface area contributed by atoms with E-state index in [1.807, 2.05) is 0 Å². The Morgan fingerprint density at radius 3 is 2.38 bits per heavy atom. The van der Waals surface area contributed by atoms with Crippen LogP contribution in [0.2, 0.25) is 0 Å². The number of aromatic nitrogens is 1. The van der Waals surface area contributed by atoms with Crippen LogP contribution in [-0.4, -0.2) is 17.7 Å². The summed E-state index contributed by atoms with van der Waals surface area (Å²) in [6.45, 7) is 11.4. The molecule has 1 aromatic heterocycles. The summed E-state index contributed by atoms with van der Waals surface area (Å²) in [7, 11) is 0. The summed E-state index contributed by atoms with van der Waals surface area (Å²) in [5, 5.41) is 3.44. The lowest BCUT2D eigenvalue weighted by molar-refractivity contribution is 0.457. The second-order valence-corrected chi connectivity index (χ2v) is 5.31. The minimum atomic E-state index is 0.579. The van der Waals surface area contributed by atoms with Crippen LogP contribution in [0, 0.1) is 13.8 Å². The summed E-state index contributed by atoms with van der Waals surface area (Å²) in [4.78, 5) is 0. The van der Waals surface area contributed by atoms with Gasteiger partial charge in [0.25, 0.3) is 0 Å². The van der Waals surface area contributed by atoms with Crippen molar-refractivity contribution in [2.75, 3.05) is 13.1 Å². The van der Waals surface area contributed by atoms with Crippen LogP contribution < -0.4 is 5.32 Å². The summed E-state index contributed by atoms with van der Waals surface area (Å²) in [6.07, 6.45) is 2.59. The van der Waals surface area contributed by atoms with E-state index in [9.17, 15) is 0 Å². The monoisotopic (exact) mass is 220 g/mol. The number of aryl methyl sites for hydroxylation is 1. The number of hydrogen-bond donors (Lipinski definition) is 1. The molecule has 1 aromatic rings. The Hall–Kier alpha value is -0.760. The van der Waals surface area contributed by atoms with E-state index in [0.717, 1.165) is 5.92 Å². The van der Waals surface area contributed by atoms with Crippen LogP contribution in [0.4, 0.5) is 0 Å². The molecule has 90 valence electrons. The SMILES string of the molecule is Cc1cc(C2CCNCC2)c(C)n1C(C)C. The van der Waals surface area contributed by atoms with E-state index in [4.69, 9.17) is 0 Å². The molecule has 1 N–H and O–H groups in total. The fraction of sp³-hybridized carbons (Fsp3) is 0.714. The van der Waals surface area contributed by atoms with E-state index in [2.05, 4.69) is 43.6 Å². The first-order valence-corrected chi connectivity index (χ1v) is 6.50. The van der Waals surface area contributed by atoms with Gasteiger partial charge in [-0.3, -0.25) is 0 Å². The minimum absolute atomic E-state index is 0.579. The van der Waals surface area contributed by atoms with E-state index in [-0.39, 0.29) is 0 Å². The molecule has 2 nitrogen and oxygen atoms in total. The molecule has 0 spiro atoms. The quantitative estimate of drug-likeness (QED) is 0.810. The smallest absolute Gasteiger partial charge is 0.0279 e. The van der Waals surface area contributed by atoms with Gasteiger partial charge in [0, 0.05) is 17.4 Å². The van der Waals surface area contributed by atoms with E-state index in [0.29, 0.717) is 6.04 Å². The zero-order chi connectivity index (χ0) is 11.7. The van der Waals surface area contributed by atoms with Gasteiger partial charge in [0.2, 0.25) is 0 Å². The van der Waals surface area contributed by atoms with Crippen molar-refractivity contribution < 1.29 is 0 Å². The summed E-state index contributed by atoms with van der Waals surface area (Å²) >= 11 is 0. The van der Waals surface area contributed by atoms with Crippen molar-refractivity contribution >= 4 is 0 Å². The highest BCUT2D eigenvalue weighted by molar-refractivity contribution is 5.31. The second kappa shape index (κ2) is 4.62. The van der Waals surface area contributed by atoms with Crippen LogP contribution in [-0.2, 0) is 0 Å². The van der Waals surface area contributed by atoms with Crippen LogP contribution in [0.25, 0.3) is 0 Å². The molecule has 2 rings (SSSR count). The highest BCUT2D eigenvalue weighted by Crippen LogP contribution is 2.31. The van der Waals surface area contributed by atoms with Gasteiger partial charge in [0.05, 0.1) is 0 Å². The fourth-order valence-electron chi connectivity index (χ4n) is 3.14. The van der Waals surface area contributed by atoms with Crippen LogP contribution in [0.1, 0.15) is 55.6 Å². The zero-order valence-electron chi connectivity index (χ0n) is 11.0. The third-order valence-corrected chi connectivity index (χ3v) is 3.82. The van der Waals surface area contributed by atoms with Gasteiger partial charge in [-0.05, 0) is 71.2 Å². The van der Waals surface area contributed by atoms with Crippen molar-refractivity contribution in [3.05, 3.63) is 23.0 Å². The Bertz CT molecular complexity index is 357. The van der Waals surface area contributed by atoms with Crippen LogP contribution in [0.3, 0.4) is 0 Å². The van der Waals surface area contributed by atoms with Gasteiger partial charge >= 0.3 is 0 Å². The molecule has 0 unspecified atom stereocenters. The lowest BCUT2D eigenvalue weighted by Gasteiger charge is -2.23. The average Bonchev–Trinajstić information content (AvgIpc) is 2.55. The van der Waals surface area contributed by atoms with E-state index in [1.54, 1.807) is 5.56 Å². The van der Waals surface area contributed by atoms with Crippen molar-refractivity contribution in [3.8, 4) is 0 Å². The number of hydrogen-bond acceptors (Lipinski definition) is 1. The number of rotatable bonds is 2. The Morgan fingerprint density at radius 1 is 1.25 bits per heavy atom. The molecule has 0 radical (unpaired) electrons. The molecule has 0 saturated carbocycles. The molecule has 0 amide bonds. The zero-order valence-corrected chi connectivity index (χ0v) is 11.0. The molecular weight excluding hydrogens is 196 g/mol. The fourth-order valence-corrected chi connectivity index (χ4v) is 3.14. The summed E-state index contributed by atoms with van der Waals surface area (Å²) in [6, 6.07) is 2.99. The molecule has 0 aromatic carbocycles. The Morgan fingerprint density at radius 2 is 1.88 bits per heavy atom. The lowest BCUT2D eigenvalue weighted by atomic mass is 9.90. The van der Waals surface area contributed by atoms with Crippen LogP contribution in [0.5, 0.6) is 0 Å². The van der Waals surface area contributed by atoms with Gasteiger partial charge in [-0.15, -0.1) is 0 Å². The van der Waals surface area contributed by atoms with Crippen molar-refractivity contribution in [3.63, 3.8) is 0 Å². The van der Waals surface area contributed by atoms with Gasteiger partial charge in [-0.2, -0.15) is 0 Å². The minimum Gasteiger partial charge on any atom is -0.346 e. The predicted octanol–water partition coefficient (Wildman–Crippen LogP) is 3.15. The van der Waals surface area contributed by atoms with E-state index in [1.165, 1.54) is 37.3 Å². The summed E-state index contributed by atoms with van der Waals surface area (Å²) < 4.78 is 2.47. The Balaban J connectivity index is 2.30. The lowest BCUT2D eigenvalue weighted by Crippen LogP contribution is -2.26. The first kappa shape index (κ1) is 11.7. The first-order chi connectivity index (χ1) is 7.61. The molecule has 0 aliphatic carbocycles. The topological polar surface area (TPSA) is 17.0 Å². The standard InChI is InChI=1S/C14H24N2/c1-10(2)16-11(3)9-14(12(16)4)13-5-7-15-8-6-13/h9-10,13,15H,5-8H2,1-4H3. The van der Waals surface area contributed by atoms with Crippen molar-refractivity contribution in [1.29, 1.82) is 0 Å². The van der Waals surface area contributed by atoms with Crippen molar-refractivity contribution in [2.24, 2.45) is 0 Å². The molecule has 0 bridgehead atoms. The Labute approximate surface area is 99.0 Å². The molecule has 0 atom stereocenters. The van der Waals surface area contributed by atoms with Crippen molar-refractivity contribution in [1.82, 2.24) is 9.88 Å². The van der Waals surface area contributed by atoms with E-state index >= 15 is 0 Å². The molecule has 1 aliphatic rings. The molecule has 2 heteroatoms. The molecule has 16 heavy (non-hydrogen) atoms. The molecular formula is C14H24N2. The highest BCUT2D eigenvalue weighted by atomic mass is 15.0. The molecule has 1 aliphatic heterocycles. The number of nitrogens with zero attached hydrogens (tertiary/aromatic N) is 1. The third-order valence-electron chi connectivity index (χ3n) is 3.82. The third kappa shape index (κ3) is 2.03. The first-order valence-electron chi connectivity index (χ1n) is 6.50. The molecule has 1 saturated heterocycles. The molecule has 2 heterocycles. The van der Waals surface area contributed by atoms with Crippen molar-refractivity contribution in [2.45, 2.75) is 52.5 Å². The predicted molar refractivity (Wildman–Crippen MR) is 69.1 cm³/mol. The van der Waals surface area contributed by atoms with Crippen LogP contribution in [0.15, 0.2) is 6.07 Å². The maximum atomic E-state index is 3.44. The maximum Gasteiger partial charge on any atom is 0.0279 e. The normalized spacial score (nSPS) is 18.3. The van der Waals surface area contributed by atoms with Gasteiger partial charge < -0.3 is 9.88 Å². The number of nitrogens with one attached hydrogen (secondary N) is 1. The Kier molecular flexibility index (Phi) is 3.38. The van der Waals surface area contributed by atoms with E-state index < -0.39 is 0 Å². The van der Waals surface area contributed by atoms with Crippen LogP contribution >= 0.6 is 0 Å². The van der Waals surface area contributed by atoms with Gasteiger partial charge in [-0.1, -0.05) is 0 Å². The summed E-state index contributed by atoms with van der Waals surface area (Å²) in [5.41, 5.74) is 4.49. The van der Waals surface area contributed by atoms with Gasteiger partial charge in [0.1, 0.15) is 0 Å². The highest BCUT2D eigenvalue weighted by Gasteiger charge is 2.20. The summed E-state index contributed by atoms with van der Waals surface area (Å²) in [5.74, 6) is 0.778. The maximum absolute atomic E-state index is 3.44. The average molecular weight is 220 g/mol. The second-order valence-electron chi connectivity index (χ2n) is 5.31. The largest absolute Gasteiger partial charge is 0.346 e. The number of piperidine rings is 1.